The van der Waals surface area contributed by atoms with Gasteiger partial charge in [0.2, 0.25) is 0 Å². The van der Waals surface area contributed by atoms with E-state index in [1.165, 1.54) is 18.4 Å². The van der Waals surface area contributed by atoms with Crippen LogP contribution in [-0.2, 0) is 0 Å². The number of alkyl halides is 1. The van der Waals surface area contributed by atoms with Crippen LogP contribution in [0.25, 0.3) is 0 Å². The molecule has 50 valence electrons. The van der Waals surface area contributed by atoms with Crippen molar-refractivity contribution in [3.8, 4) is 0 Å². The molecule has 0 radical (unpaired) electrons. The minimum atomic E-state index is -0.720. The highest BCUT2D eigenvalue weighted by Crippen LogP contribution is 2.20. The van der Waals surface area contributed by atoms with Crippen LogP contribution in [-0.4, -0.2) is 15.2 Å². The van der Waals surface area contributed by atoms with E-state index in [0.717, 1.165) is 5.06 Å². The lowest BCUT2D eigenvalue weighted by atomic mass is 10.4. The molecule has 0 aromatic carbocycles. The Labute approximate surface area is 60.4 Å². The molecule has 4 heteroatoms. The predicted octanol–water partition coefficient (Wildman–Crippen LogP) is 1.78. The van der Waals surface area contributed by atoms with Crippen LogP contribution in [0, 0.1) is 0 Å². The molecule has 1 heterocycles. The first kappa shape index (κ1) is 6.77. The van der Waals surface area contributed by atoms with Gasteiger partial charge in [-0.05, 0) is 12.2 Å². The van der Waals surface area contributed by atoms with Gasteiger partial charge in [-0.3, -0.25) is 5.21 Å². The zero-order valence-electron chi connectivity index (χ0n) is 4.46. The summed E-state index contributed by atoms with van der Waals surface area (Å²) in [5, 5.41) is 9.51. The Morgan fingerprint density at radius 2 is 2.44 bits per heavy atom. The molecular weight excluding hydrogens is 189 g/mol. The van der Waals surface area contributed by atoms with Gasteiger partial charge in [0.05, 0.1) is 0 Å². The molecule has 0 amide bonds. The Balaban J connectivity index is 2.73. The van der Waals surface area contributed by atoms with E-state index in [4.69, 9.17) is 5.21 Å². The van der Waals surface area contributed by atoms with E-state index >= 15 is 0 Å². The SMILES string of the molecule is ON1C=CC=C(F)C1Br. The smallest absolute Gasteiger partial charge is 0.161 e. The number of hydrogen-bond acceptors (Lipinski definition) is 2. The third-order valence-electron chi connectivity index (χ3n) is 0.954. The molecule has 0 aromatic heterocycles. The molecule has 0 aromatic rings. The van der Waals surface area contributed by atoms with Gasteiger partial charge in [0.1, 0.15) is 5.83 Å². The zero-order valence-corrected chi connectivity index (χ0v) is 6.05. The fraction of sp³-hybridized carbons (Fsp3) is 0.200. The van der Waals surface area contributed by atoms with Crippen LogP contribution in [0.4, 0.5) is 4.39 Å². The van der Waals surface area contributed by atoms with E-state index in [1.54, 1.807) is 0 Å². The second kappa shape index (κ2) is 2.49. The first-order valence-corrected chi connectivity index (χ1v) is 3.28. The fourth-order valence-electron chi connectivity index (χ4n) is 0.504. The van der Waals surface area contributed by atoms with Gasteiger partial charge >= 0.3 is 0 Å². The van der Waals surface area contributed by atoms with Crippen LogP contribution in [0.2, 0.25) is 0 Å². The summed E-state index contributed by atoms with van der Waals surface area (Å²) in [6, 6.07) is 0. The van der Waals surface area contributed by atoms with Crippen molar-refractivity contribution >= 4 is 15.9 Å². The lowest BCUT2D eigenvalue weighted by molar-refractivity contribution is -0.0463. The zero-order chi connectivity index (χ0) is 6.85. The van der Waals surface area contributed by atoms with Gasteiger partial charge < -0.3 is 0 Å². The first-order chi connectivity index (χ1) is 4.22. The minimum Gasteiger partial charge on any atom is -0.287 e. The van der Waals surface area contributed by atoms with E-state index in [0.29, 0.717) is 0 Å². The topological polar surface area (TPSA) is 23.5 Å². The van der Waals surface area contributed by atoms with Crippen molar-refractivity contribution in [3.05, 3.63) is 24.2 Å². The summed E-state index contributed by atoms with van der Waals surface area (Å²) < 4.78 is 12.4. The molecule has 0 spiro atoms. The summed E-state index contributed by atoms with van der Waals surface area (Å²) in [5.41, 5.74) is 0. The van der Waals surface area contributed by atoms with Gasteiger partial charge in [-0.1, -0.05) is 15.9 Å². The number of nitrogens with zero attached hydrogens (tertiary/aromatic N) is 1. The van der Waals surface area contributed by atoms with E-state index in [1.807, 2.05) is 0 Å². The normalized spacial score (nSPS) is 26.3. The molecular formula is C5H5BrFNO. The predicted molar refractivity (Wildman–Crippen MR) is 34.7 cm³/mol. The number of rotatable bonds is 0. The minimum absolute atomic E-state index is 0.403. The van der Waals surface area contributed by atoms with E-state index < -0.39 is 10.8 Å². The van der Waals surface area contributed by atoms with Crippen molar-refractivity contribution in [2.45, 2.75) is 4.95 Å². The summed E-state index contributed by atoms with van der Waals surface area (Å²) in [4.78, 5) is -0.720. The molecule has 1 atom stereocenters. The summed E-state index contributed by atoms with van der Waals surface area (Å²) >= 11 is 2.90. The van der Waals surface area contributed by atoms with Crippen molar-refractivity contribution in [1.29, 1.82) is 0 Å². The van der Waals surface area contributed by atoms with E-state index in [9.17, 15) is 4.39 Å². The molecule has 1 aliphatic rings. The molecule has 2 nitrogen and oxygen atoms in total. The highest BCUT2D eigenvalue weighted by Gasteiger charge is 2.16. The lowest BCUT2D eigenvalue weighted by Gasteiger charge is -2.19. The molecule has 9 heavy (non-hydrogen) atoms. The molecule has 1 aliphatic heterocycles. The Morgan fingerprint density at radius 1 is 1.78 bits per heavy atom. The van der Waals surface area contributed by atoms with E-state index in [2.05, 4.69) is 15.9 Å². The number of allylic oxidation sites excluding steroid dienone is 2. The van der Waals surface area contributed by atoms with Gasteiger partial charge in [-0.15, -0.1) is 0 Å². The quantitative estimate of drug-likeness (QED) is 0.469. The van der Waals surface area contributed by atoms with Crippen molar-refractivity contribution in [1.82, 2.24) is 5.06 Å². The maximum atomic E-state index is 12.4. The molecule has 1 rings (SSSR count). The maximum Gasteiger partial charge on any atom is 0.161 e. The van der Waals surface area contributed by atoms with Gasteiger partial charge in [-0.2, -0.15) is 0 Å². The molecule has 0 bridgehead atoms. The Morgan fingerprint density at radius 3 is 2.89 bits per heavy atom. The van der Waals surface area contributed by atoms with Crippen LogP contribution < -0.4 is 0 Å². The molecule has 1 N–H and O–H groups in total. The summed E-state index contributed by atoms with van der Waals surface area (Å²) in [7, 11) is 0. The van der Waals surface area contributed by atoms with Gasteiger partial charge in [0.15, 0.2) is 4.95 Å². The summed E-state index contributed by atoms with van der Waals surface area (Å²) in [6.45, 7) is 0. The average molecular weight is 194 g/mol. The van der Waals surface area contributed by atoms with Gasteiger partial charge in [0.25, 0.3) is 0 Å². The standard InChI is InChI=1S/C5H5BrFNO/c6-5-4(7)2-1-3-8(5)9/h1-3,5,9H. The maximum absolute atomic E-state index is 12.4. The average Bonchev–Trinajstić information content (AvgIpc) is 1.83. The summed E-state index contributed by atoms with van der Waals surface area (Å²) in [5.74, 6) is -0.403. The highest BCUT2D eigenvalue weighted by atomic mass is 79.9. The lowest BCUT2D eigenvalue weighted by Crippen LogP contribution is -2.23. The molecule has 1 unspecified atom stereocenters. The van der Waals surface area contributed by atoms with Crippen molar-refractivity contribution in [3.63, 3.8) is 0 Å². The van der Waals surface area contributed by atoms with Crippen molar-refractivity contribution < 1.29 is 9.60 Å². The van der Waals surface area contributed by atoms with Crippen LogP contribution >= 0.6 is 15.9 Å². The Bertz CT molecular complexity index is 168. The second-order valence-corrected chi connectivity index (χ2v) is 2.48. The molecule has 0 aliphatic carbocycles. The van der Waals surface area contributed by atoms with Crippen LogP contribution in [0.15, 0.2) is 24.2 Å². The van der Waals surface area contributed by atoms with Gasteiger partial charge in [0, 0.05) is 6.20 Å². The Kier molecular flexibility index (Phi) is 1.87. The molecule has 0 fully saturated rings. The second-order valence-electron chi connectivity index (χ2n) is 1.61. The monoisotopic (exact) mass is 193 g/mol. The molecule has 0 saturated carbocycles. The van der Waals surface area contributed by atoms with E-state index in [-0.39, 0.29) is 0 Å². The first-order valence-electron chi connectivity index (χ1n) is 2.37. The van der Waals surface area contributed by atoms with Crippen molar-refractivity contribution in [2.24, 2.45) is 0 Å². The third kappa shape index (κ3) is 1.31. The number of halogens is 2. The fourth-order valence-corrected chi connectivity index (χ4v) is 0.794. The van der Waals surface area contributed by atoms with Gasteiger partial charge in [-0.25, -0.2) is 9.45 Å². The molecule has 0 saturated heterocycles. The largest absolute Gasteiger partial charge is 0.287 e. The number of hydroxylamine groups is 2. The number of hydrogen-bond donors (Lipinski definition) is 1. The Hall–Kier alpha value is -0.350. The highest BCUT2D eigenvalue weighted by molar-refractivity contribution is 9.09. The van der Waals surface area contributed by atoms with Crippen LogP contribution in [0.3, 0.4) is 0 Å². The van der Waals surface area contributed by atoms with Crippen LogP contribution in [0.1, 0.15) is 0 Å². The van der Waals surface area contributed by atoms with Crippen molar-refractivity contribution in [2.75, 3.05) is 0 Å². The third-order valence-corrected chi connectivity index (χ3v) is 1.81. The van der Waals surface area contributed by atoms with Crippen LogP contribution in [0.5, 0.6) is 0 Å². The summed E-state index contributed by atoms with van der Waals surface area (Å²) in [6.07, 6.45) is 4.07.